The third-order valence-corrected chi connectivity index (χ3v) is 3.43. The van der Waals surface area contributed by atoms with E-state index in [9.17, 15) is 4.79 Å². The fourth-order valence-corrected chi connectivity index (χ4v) is 2.44. The van der Waals surface area contributed by atoms with E-state index in [4.69, 9.17) is 11.6 Å². The highest BCUT2D eigenvalue weighted by Gasteiger charge is 2.10. The van der Waals surface area contributed by atoms with Crippen molar-refractivity contribution in [1.29, 1.82) is 0 Å². The van der Waals surface area contributed by atoms with Gasteiger partial charge in [0.2, 0.25) is 0 Å². The van der Waals surface area contributed by atoms with E-state index in [1.54, 1.807) is 17.8 Å². The Hall–Kier alpha value is -0.780. The van der Waals surface area contributed by atoms with E-state index in [0.717, 1.165) is 15.0 Å². The van der Waals surface area contributed by atoms with Crippen LogP contribution in [0.4, 0.5) is 0 Å². The molecule has 0 fully saturated rings. The molecular formula is C10H6BrClN2OS. The topological polar surface area (TPSA) is 42.9 Å². The minimum absolute atomic E-state index is 0.0418. The zero-order valence-corrected chi connectivity index (χ0v) is 11.1. The molecule has 0 aliphatic heterocycles. The second kappa shape index (κ2) is 5.03. The minimum atomic E-state index is -0.160. The van der Waals surface area contributed by atoms with E-state index >= 15 is 0 Å². The molecule has 0 aliphatic carbocycles. The molecule has 0 N–H and O–H groups in total. The first-order valence-corrected chi connectivity index (χ1v) is 6.57. The lowest BCUT2D eigenvalue weighted by Crippen LogP contribution is -2.00. The standard InChI is InChI=1S/C10H6BrClN2OS/c11-7-1-6(3-13-4-7)10-14-8(5-16-10)9(15)2-12/h1,3-5H,2H2. The highest BCUT2D eigenvalue weighted by molar-refractivity contribution is 9.10. The van der Waals surface area contributed by atoms with Gasteiger partial charge < -0.3 is 0 Å². The van der Waals surface area contributed by atoms with Crippen LogP contribution in [0, 0.1) is 0 Å². The van der Waals surface area contributed by atoms with Gasteiger partial charge in [-0.3, -0.25) is 9.78 Å². The van der Waals surface area contributed by atoms with Crippen molar-refractivity contribution in [1.82, 2.24) is 9.97 Å². The largest absolute Gasteiger partial charge is 0.291 e. The summed E-state index contributed by atoms with van der Waals surface area (Å²) >= 11 is 10.2. The Balaban J connectivity index is 2.35. The van der Waals surface area contributed by atoms with E-state index in [1.165, 1.54) is 11.3 Å². The Morgan fingerprint density at radius 1 is 1.50 bits per heavy atom. The second-order valence-corrected chi connectivity index (χ2v) is 5.03. The summed E-state index contributed by atoms with van der Waals surface area (Å²) in [6, 6.07) is 1.90. The van der Waals surface area contributed by atoms with Crippen molar-refractivity contribution in [2.24, 2.45) is 0 Å². The van der Waals surface area contributed by atoms with Crippen molar-refractivity contribution in [3.05, 3.63) is 34.0 Å². The number of ketones is 1. The molecule has 6 heteroatoms. The van der Waals surface area contributed by atoms with E-state index in [2.05, 4.69) is 25.9 Å². The van der Waals surface area contributed by atoms with Gasteiger partial charge in [-0.2, -0.15) is 0 Å². The van der Waals surface area contributed by atoms with Crippen molar-refractivity contribution in [2.75, 3.05) is 5.88 Å². The van der Waals surface area contributed by atoms with Gasteiger partial charge in [0.05, 0.1) is 5.88 Å². The molecule has 2 aromatic heterocycles. The highest BCUT2D eigenvalue weighted by Crippen LogP contribution is 2.25. The zero-order chi connectivity index (χ0) is 11.5. The summed E-state index contributed by atoms with van der Waals surface area (Å²) in [5.74, 6) is -0.202. The first kappa shape index (κ1) is 11.7. The van der Waals surface area contributed by atoms with Crippen LogP contribution in [0.1, 0.15) is 10.5 Å². The smallest absolute Gasteiger partial charge is 0.196 e. The van der Waals surface area contributed by atoms with Crippen molar-refractivity contribution >= 4 is 44.7 Å². The van der Waals surface area contributed by atoms with Gasteiger partial charge in [-0.05, 0) is 22.0 Å². The number of rotatable bonds is 3. The molecule has 0 aromatic carbocycles. The summed E-state index contributed by atoms with van der Waals surface area (Å²) in [6.07, 6.45) is 3.40. The van der Waals surface area contributed by atoms with Crippen LogP contribution in [0.15, 0.2) is 28.3 Å². The van der Waals surface area contributed by atoms with Crippen LogP contribution in [0.3, 0.4) is 0 Å². The van der Waals surface area contributed by atoms with Gasteiger partial charge in [-0.1, -0.05) is 0 Å². The Kier molecular flexibility index (Phi) is 3.68. The van der Waals surface area contributed by atoms with E-state index < -0.39 is 0 Å². The fraction of sp³-hybridized carbons (Fsp3) is 0.100. The number of Topliss-reactive ketones (excluding diaryl/α,β-unsaturated/α-hetero) is 1. The van der Waals surface area contributed by atoms with Crippen LogP contribution < -0.4 is 0 Å². The molecule has 0 saturated carbocycles. The van der Waals surface area contributed by atoms with Crippen LogP contribution >= 0.6 is 38.9 Å². The Labute approximate surface area is 110 Å². The highest BCUT2D eigenvalue weighted by atomic mass is 79.9. The maximum atomic E-state index is 11.3. The molecule has 0 aliphatic rings. The van der Waals surface area contributed by atoms with Crippen molar-refractivity contribution in [3.8, 4) is 10.6 Å². The SMILES string of the molecule is O=C(CCl)c1csc(-c2cncc(Br)c2)n1. The number of hydrogen-bond donors (Lipinski definition) is 0. The molecule has 2 aromatic rings. The Bertz CT molecular complexity index is 529. The summed E-state index contributed by atoms with van der Waals surface area (Å²) in [5, 5.41) is 2.48. The summed E-state index contributed by atoms with van der Waals surface area (Å²) < 4.78 is 0.880. The summed E-state index contributed by atoms with van der Waals surface area (Å²) in [4.78, 5) is 19.6. The average molecular weight is 318 g/mol. The number of halogens is 2. The summed E-state index contributed by atoms with van der Waals surface area (Å²) in [5.41, 5.74) is 1.29. The minimum Gasteiger partial charge on any atom is -0.291 e. The lowest BCUT2D eigenvalue weighted by Gasteiger charge is -1.95. The first-order chi connectivity index (χ1) is 7.70. The molecule has 2 heterocycles. The number of thiazole rings is 1. The normalized spacial score (nSPS) is 10.4. The maximum Gasteiger partial charge on any atom is 0.196 e. The van der Waals surface area contributed by atoms with Gasteiger partial charge in [-0.25, -0.2) is 4.98 Å². The van der Waals surface area contributed by atoms with Gasteiger partial charge in [0.15, 0.2) is 5.78 Å². The first-order valence-electron chi connectivity index (χ1n) is 4.36. The maximum absolute atomic E-state index is 11.3. The summed E-state index contributed by atoms with van der Waals surface area (Å²) in [6.45, 7) is 0. The molecule has 16 heavy (non-hydrogen) atoms. The molecule has 0 saturated heterocycles. The van der Waals surface area contributed by atoms with Crippen LogP contribution in [-0.2, 0) is 0 Å². The lowest BCUT2D eigenvalue weighted by molar-refractivity contribution is 0.101. The number of hydrogen-bond acceptors (Lipinski definition) is 4. The fourth-order valence-electron chi connectivity index (χ4n) is 1.13. The molecule has 0 bridgehead atoms. The van der Waals surface area contributed by atoms with Crippen molar-refractivity contribution in [3.63, 3.8) is 0 Å². The third kappa shape index (κ3) is 2.48. The lowest BCUT2D eigenvalue weighted by atomic mass is 10.3. The van der Waals surface area contributed by atoms with Crippen LogP contribution in [0.25, 0.3) is 10.6 Å². The second-order valence-electron chi connectivity index (χ2n) is 2.99. The van der Waals surface area contributed by atoms with Crippen molar-refractivity contribution in [2.45, 2.75) is 0 Å². The van der Waals surface area contributed by atoms with Gasteiger partial charge in [0, 0.05) is 27.8 Å². The quantitative estimate of drug-likeness (QED) is 0.644. The number of alkyl halides is 1. The van der Waals surface area contributed by atoms with Crippen LogP contribution in [0.2, 0.25) is 0 Å². The van der Waals surface area contributed by atoms with Gasteiger partial charge in [0.1, 0.15) is 10.7 Å². The monoisotopic (exact) mass is 316 g/mol. The molecule has 0 radical (unpaired) electrons. The van der Waals surface area contributed by atoms with Gasteiger partial charge in [0.25, 0.3) is 0 Å². The molecule has 3 nitrogen and oxygen atoms in total. The zero-order valence-electron chi connectivity index (χ0n) is 7.98. The molecule has 2 rings (SSSR count). The average Bonchev–Trinajstić information content (AvgIpc) is 2.77. The number of carbonyl (C=O) groups is 1. The van der Waals surface area contributed by atoms with Crippen molar-refractivity contribution < 1.29 is 4.79 Å². The number of carbonyl (C=O) groups excluding carboxylic acids is 1. The van der Waals surface area contributed by atoms with Crippen LogP contribution in [0.5, 0.6) is 0 Å². The molecule has 0 unspecified atom stereocenters. The predicted octanol–water partition coefficient (Wildman–Crippen LogP) is 3.39. The van der Waals surface area contributed by atoms with Gasteiger partial charge in [-0.15, -0.1) is 22.9 Å². The van der Waals surface area contributed by atoms with Gasteiger partial charge >= 0.3 is 0 Å². The number of pyridine rings is 1. The third-order valence-electron chi connectivity index (χ3n) is 1.86. The van der Waals surface area contributed by atoms with Crippen LogP contribution in [-0.4, -0.2) is 21.6 Å². The number of nitrogens with zero attached hydrogens (tertiary/aromatic N) is 2. The Morgan fingerprint density at radius 3 is 3.00 bits per heavy atom. The molecule has 0 amide bonds. The molecular weight excluding hydrogens is 312 g/mol. The Morgan fingerprint density at radius 2 is 2.31 bits per heavy atom. The molecule has 0 spiro atoms. The summed E-state index contributed by atoms with van der Waals surface area (Å²) in [7, 11) is 0. The molecule has 82 valence electrons. The van der Waals surface area contributed by atoms with E-state index in [1.807, 2.05) is 6.07 Å². The van der Waals surface area contributed by atoms with E-state index in [0.29, 0.717) is 5.69 Å². The molecule has 0 atom stereocenters. The predicted molar refractivity (Wildman–Crippen MR) is 68.1 cm³/mol. The van der Waals surface area contributed by atoms with E-state index in [-0.39, 0.29) is 11.7 Å². The number of aromatic nitrogens is 2.